The molecule has 1 fully saturated rings. The van der Waals surface area contributed by atoms with E-state index in [1.54, 1.807) is 14.2 Å². The number of benzene rings is 1. The van der Waals surface area contributed by atoms with Gasteiger partial charge in [0.25, 0.3) is 0 Å². The zero-order valence-electron chi connectivity index (χ0n) is 13.2. The van der Waals surface area contributed by atoms with Crippen molar-refractivity contribution >= 4 is 0 Å². The molecule has 0 spiro atoms. The summed E-state index contributed by atoms with van der Waals surface area (Å²) in [6.07, 6.45) is 5.60. The first-order valence-corrected chi connectivity index (χ1v) is 7.41. The van der Waals surface area contributed by atoms with Gasteiger partial charge in [-0.3, -0.25) is 0 Å². The van der Waals surface area contributed by atoms with Crippen molar-refractivity contribution in [1.29, 1.82) is 0 Å². The molecule has 0 bridgehead atoms. The molecule has 1 aromatic rings. The van der Waals surface area contributed by atoms with Crippen LogP contribution in [0.25, 0.3) is 0 Å². The van der Waals surface area contributed by atoms with Gasteiger partial charge in [0.15, 0.2) is 0 Å². The van der Waals surface area contributed by atoms with Gasteiger partial charge < -0.3 is 15.2 Å². The van der Waals surface area contributed by atoms with E-state index in [0.717, 1.165) is 36.3 Å². The molecule has 3 nitrogen and oxygen atoms in total. The second-order valence-corrected chi connectivity index (χ2v) is 6.78. The molecule has 0 radical (unpaired) electrons. The Balaban J connectivity index is 2.33. The van der Waals surface area contributed by atoms with E-state index in [2.05, 4.69) is 26.0 Å². The van der Waals surface area contributed by atoms with Crippen LogP contribution in [0.2, 0.25) is 0 Å². The van der Waals surface area contributed by atoms with Gasteiger partial charge in [-0.1, -0.05) is 20.3 Å². The van der Waals surface area contributed by atoms with Crippen LogP contribution >= 0.6 is 0 Å². The molecule has 1 aliphatic carbocycles. The maximum absolute atomic E-state index is 6.74. The monoisotopic (exact) mass is 277 g/mol. The van der Waals surface area contributed by atoms with Crippen LogP contribution in [-0.4, -0.2) is 14.2 Å². The van der Waals surface area contributed by atoms with Gasteiger partial charge in [-0.2, -0.15) is 0 Å². The Kier molecular flexibility index (Phi) is 4.28. The first kappa shape index (κ1) is 15.2. The number of methoxy groups -OCH3 is 2. The standard InChI is InChI=1S/C17H27NO2/c1-16(2)6-5-7-17(18,9-8-16)13-10-14(19-3)12-15(11-13)20-4/h10-12H,5-9,18H2,1-4H3. The van der Waals surface area contributed by atoms with Crippen molar-refractivity contribution in [3.8, 4) is 11.5 Å². The lowest BCUT2D eigenvalue weighted by Gasteiger charge is -2.30. The Hall–Kier alpha value is -1.22. The number of rotatable bonds is 3. The van der Waals surface area contributed by atoms with Crippen LogP contribution in [0.5, 0.6) is 11.5 Å². The molecule has 1 aromatic carbocycles. The Labute approximate surface area is 122 Å². The lowest BCUT2D eigenvalue weighted by atomic mass is 9.81. The first-order valence-electron chi connectivity index (χ1n) is 7.41. The number of ether oxygens (including phenoxy) is 2. The summed E-state index contributed by atoms with van der Waals surface area (Å²) >= 11 is 0. The Morgan fingerprint density at radius 1 is 0.900 bits per heavy atom. The minimum absolute atomic E-state index is 0.268. The van der Waals surface area contributed by atoms with Crippen LogP contribution in [0.4, 0.5) is 0 Å². The lowest BCUT2D eigenvalue weighted by Crippen LogP contribution is -2.36. The van der Waals surface area contributed by atoms with E-state index < -0.39 is 0 Å². The summed E-state index contributed by atoms with van der Waals surface area (Å²) in [7, 11) is 3.36. The van der Waals surface area contributed by atoms with Gasteiger partial charge in [0.2, 0.25) is 0 Å². The van der Waals surface area contributed by atoms with Crippen molar-refractivity contribution in [2.75, 3.05) is 14.2 Å². The van der Waals surface area contributed by atoms with Crippen molar-refractivity contribution in [3.05, 3.63) is 23.8 Å². The van der Waals surface area contributed by atoms with Gasteiger partial charge in [-0.25, -0.2) is 0 Å². The molecule has 1 atom stereocenters. The highest BCUT2D eigenvalue weighted by Crippen LogP contribution is 2.42. The summed E-state index contributed by atoms with van der Waals surface area (Å²) in [6.45, 7) is 4.68. The molecule has 1 saturated carbocycles. The van der Waals surface area contributed by atoms with E-state index >= 15 is 0 Å². The molecule has 0 aliphatic heterocycles. The van der Waals surface area contributed by atoms with Crippen LogP contribution in [0, 0.1) is 5.41 Å². The fourth-order valence-corrected chi connectivity index (χ4v) is 3.08. The summed E-state index contributed by atoms with van der Waals surface area (Å²) in [5, 5.41) is 0. The summed E-state index contributed by atoms with van der Waals surface area (Å²) in [6, 6.07) is 6.01. The van der Waals surface area contributed by atoms with Gasteiger partial charge in [-0.15, -0.1) is 0 Å². The number of hydrogen-bond acceptors (Lipinski definition) is 3. The Morgan fingerprint density at radius 3 is 2.05 bits per heavy atom. The second-order valence-electron chi connectivity index (χ2n) is 6.78. The molecule has 1 unspecified atom stereocenters. The van der Waals surface area contributed by atoms with Crippen LogP contribution in [0.3, 0.4) is 0 Å². The van der Waals surface area contributed by atoms with Crippen molar-refractivity contribution in [3.63, 3.8) is 0 Å². The molecule has 2 rings (SSSR count). The fraction of sp³-hybridized carbons (Fsp3) is 0.647. The maximum atomic E-state index is 6.74. The molecule has 20 heavy (non-hydrogen) atoms. The molecule has 3 heteroatoms. The first-order chi connectivity index (χ1) is 9.38. The van der Waals surface area contributed by atoms with Gasteiger partial charge in [0.05, 0.1) is 14.2 Å². The van der Waals surface area contributed by atoms with E-state index in [1.807, 2.05) is 6.07 Å². The van der Waals surface area contributed by atoms with E-state index in [0.29, 0.717) is 5.41 Å². The second kappa shape index (κ2) is 5.65. The highest BCUT2D eigenvalue weighted by molar-refractivity contribution is 5.41. The fourth-order valence-electron chi connectivity index (χ4n) is 3.08. The third kappa shape index (κ3) is 3.26. The zero-order chi connectivity index (χ0) is 14.8. The van der Waals surface area contributed by atoms with Gasteiger partial charge in [0.1, 0.15) is 11.5 Å². The minimum atomic E-state index is -0.268. The van der Waals surface area contributed by atoms with Crippen LogP contribution in [0.15, 0.2) is 18.2 Å². The topological polar surface area (TPSA) is 44.5 Å². The molecule has 1 aliphatic rings. The molecule has 0 saturated heterocycles. The third-order valence-corrected chi connectivity index (χ3v) is 4.65. The van der Waals surface area contributed by atoms with Gasteiger partial charge in [-0.05, 0) is 48.8 Å². The number of hydrogen-bond donors (Lipinski definition) is 1. The molecule has 2 N–H and O–H groups in total. The number of nitrogens with two attached hydrogens (primary N) is 1. The molecule has 0 heterocycles. The Bertz CT molecular complexity index is 448. The van der Waals surface area contributed by atoms with Gasteiger partial charge in [0, 0.05) is 11.6 Å². The minimum Gasteiger partial charge on any atom is -0.497 e. The molecule has 112 valence electrons. The Morgan fingerprint density at radius 2 is 1.50 bits per heavy atom. The summed E-state index contributed by atoms with van der Waals surface area (Å²) in [4.78, 5) is 0. The van der Waals surface area contributed by atoms with E-state index in [-0.39, 0.29) is 5.54 Å². The lowest BCUT2D eigenvalue weighted by molar-refractivity contribution is 0.298. The highest BCUT2D eigenvalue weighted by atomic mass is 16.5. The summed E-state index contributed by atoms with van der Waals surface area (Å²) in [5.41, 5.74) is 7.99. The summed E-state index contributed by atoms with van der Waals surface area (Å²) in [5.74, 6) is 1.63. The zero-order valence-corrected chi connectivity index (χ0v) is 13.2. The quantitative estimate of drug-likeness (QED) is 0.854. The highest BCUT2D eigenvalue weighted by Gasteiger charge is 2.34. The third-order valence-electron chi connectivity index (χ3n) is 4.65. The average molecular weight is 277 g/mol. The van der Waals surface area contributed by atoms with E-state index in [1.165, 1.54) is 12.8 Å². The van der Waals surface area contributed by atoms with Crippen molar-refractivity contribution in [1.82, 2.24) is 0 Å². The van der Waals surface area contributed by atoms with E-state index in [4.69, 9.17) is 15.2 Å². The van der Waals surface area contributed by atoms with Crippen molar-refractivity contribution < 1.29 is 9.47 Å². The van der Waals surface area contributed by atoms with Gasteiger partial charge >= 0.3 is 0 Å². The predicted octanol–water partition coefficient (Wildman–Crippen LogP) is 3.85. The normalized spacial score (nSPS) is 25.9. The molecular formula is C17H27NO2. The van der Waals surface area contributed by atoms with E-state index in [9.17, 15) is 0 Å². The molecular weight excluding hydrogens is 250 g/mol. The largest absolute Gasteiger partial charge is 0.497 e. The van der Waals surface area contributed by atoms with Crippen LogP contribution in [0.1, 0.15) is 51.5 Å². The molecule has 0 amide bonds. The maximum Gasteiger partial charge on any atom is 0.122 e. The smallest absolute Gasteiger partial charge is 0.122 e. The average Bonchev–Trinajstić information content (AvgIpc) is 2.58. The SMILES string of the molecule is COc1cc(OC)cc(C2(N)CCCC(C)(C)CC2)c1. The van der Waals surface area contributed by atoms with Crippen LogP contribution in [-0.2, 0) is 5.54 Å². The summed E-state index contributed by atoms with van der Waals surface area (Å²) < 4.78 is 10.7. The van der Waals surface area contributed by atoms with Crippen LogP contribution < -0.4 is 15.2 Å². The predicted molar refractivity (Wildman–Crippen MR) is 82.3 cm³/mol. The van der Waals surface area contributed by atoms with Crippen molar-refractivity contribution in [2.45, 2.75) is 51.5 Å². The van der Waals surface area contributed by atoms with Crippen molar-refractivity contribution in [2.24, 2.45) is 11.1 Å². The molecule has 0 aromatic heterocycles.